The van der Waals surface area contributed by atoms with Gasteiger partial charge in [0.1, 0.15) is 0 Å². The molecule has 0 atom stereocenters. The van der Waals surface area contributed by atoms with Gasteiger partial charge >= 0.3 is 0 Å². The summed E-state index contributed by atoms with van der Waals surface area (Å²) in [5.41, 5.74) is 1.24. The van der Waals surface area contributed by atoms with Gasteiger partial charge in [-0.25, -0.2) is 8.42 Å². The molecule has 2 N–H and O–H groups in total. The number of halogens is 1. The molecule has 0 aliphatic heterocycles. The number of anilines is 1. The molecular formula is C17H19ClN2O3S. The van der Waals surface area contributed by atoms with E-state index >= 15 is 0 Å². The van der Waals surface area contributed by atoms with E-state index in [1.165, 1.54) is 24.3 Å². The predicted molar refractivity (Wildman–Crippen MR) is 95.7 cm³/mol. The average molecular weight is 367 g/mol. The SMILES string of the molecule is CC(C)NC(=O)Cc1ccc(NS(=O)(=O)c2ccc(Cl)cc2)cc1. The quantitative estimate of drug-likeness (QED) is 0.824. The molecule has 2 aromatic carbocycles. The van der Waals surface area contributed by atoms with Crippen molar-refractivity contribution in [3.8, 4) is 0 Å². The van der Waals surface area contributed by atoms with Crippen LogP contribution in [0.2, 0.25) is 5.02 Å². The lowest BCUT2D eigenvalue weighted by Gasteiger charge is -2.10. The molecule has 0 heterocycles. The fourth-order valence-electron chi connectivity index (χ4n) is 2.08. The van der Waals surface area contributed by atoms with Crippen molar-refractivity contribution >= 4 is 33.2 Å². The van der Waals surface area contributed by atoms with Crippen molar-refractivity contribution in [2.45, 2.75) is 31.2 Å². The maximum atomic E-state index is 12.3. The van der Waals surface area contributed by atoms with Crippen molar-refractivity contribution < 1.29 is 13.2 Å². The number of carbonyl (C=O) groups excluding carboxylic acids is 1. The van der Waals surface area contributed by atoms with E-state index in [-0.39, 0.29) is 23.3 Å². The number of benzene rings is 2. The summed E-state index contributed by atoms with van der Waals surface area (Å²) < 4.78 is 27.1. The smallest absolute Gasteiger partial charge is 0.261 e. The van der Waals surface area contributed by atoms with Gasteiger partial charge in [0.2, 0.25) is 5.91 Å². The number of hydrogen-bond donors (Lipinski definition) is 2. The van der Waals surface area contributed by atoms with Crippen LogP contribution in [0.25, 0.3) is 0 Å². The van der Waals surface area contributed by atoms with E-state index in [4.69, 9.17) is 11.6 Å². The van der Waals surface area contributed by atoms with Crippen molar-refractivity contribution in [3.63, 3.8) is 0 Å². The van der Waals surface area contributed by atoms with Gasteiger partial charge in [0.25, 0.3) is 10.0 Å². The van der Waals surface area contributed by atoms with Crippen LogP contribution in [0.5, 0.6) is 0 Å². The van der Waals surface area contributed by atoms with Gasteiger partial charge in [-0.1, -0.05) is 23.7 Å². The van der Waals surface area contributed by atoms with Gasteiger partial charge in [-0.15, -0.1) is 0 Å². The molecular weight excluding hydrogens is 348 g/mol. The fourth-order valence-corrected chi connectivity index (χ4v) is 3.26. The Bertz CT molecular complexity index is 801. The molecule has 0 saturated carbocycles. The first-order chi connectivity index (χ1) is 11.3. The third-order valence-corrected chi connectivity index (χ3v) is 4.79. The predicted octanol–water partition coefficient (Wildman–Crippen LogP) is 3.21. The van der Waals surface area contributed by atoms with Crippen LogP contribution in [0.15, 0.2) is 53.4 Å². The Balaban J connectivity index is 2.05. The molecule has 0 unspecified atom stereocenters. The zero-order valence-electron chi connectivity index (χ0n) is 13.4. The second kappa shape index (κ2) is 7.68. The van der Waals surface area contributed by atoms with Crippen LogP contribution in [0.3, 0.4) is 0 Å². The number of amides is 1. The Labute approximate surface area is 147 Å². The molecule has 2 aromatic rings. The minimum Gasteiger partial charge on any atom is -0.354 e. The molecule has 5 nitrogen and oxygen atoms in total. The third-order valence-electron chi connectivity index (χ3n) is 3.14. The highest BCUT2D eigenvalue weighted by atomic mass is 35.5. The summed E-state index contributed by atoms with van der Waals surface area (Å²) in [5, 5.41) is 3.28. The lowest BCUT2D eigenvalue weighted by Crippen LogP contribution is -2.31. The molecule has 128 valence electrons. The summed E-state index contributed by atoms with van der Waals surface area (Å²) in [6, 6.07) is 12.7. The number of nitrogens with one attached hydrogen (secondary N) is 2. The Kier molecular flexibility index (Phi) is 5.85. The molecule has 0 spiro atoms. The number of sulfonamides is 1. The van der Waals surface area contributed by atoms with Crippen molar-refractivity contribution in [3.05, 3.63) is 59.1 Å². The highest BCUT2D eigenvalue weighted by Crippen LogP contribution is 2.18. The molecule has 7 heteroatoms. The molecule has 0 saturated heterocycles. The molecule has 24 heavy (non-hydrogen) atoms. The van der Waals surface area contributed by atoms with Crippen LogP contribution in [0.1, 0.15) is 19.4 Å². The first-order valence-corrected chi connectivity index (χ1v) is 9.29. The minimum atomic E-state index is -3.67. The Morgan fingerprint density at radius 1 is 1.04 bits per heavy atom. The summed E-state index contributed by atoms with van der Waals surface area (Å²) >= 11 is 5.76. The largest absolute Gasteiger partial charge is 0.354 e. The van der Waals surface area contributed by atoms with Crippen LogP contribution < -0.4 is 10.0 Å². The van der Waals surface area contributed by atoms with Crippen molar-refractivity contribution in [1.29, 1.82) is 0 Å². The van der Waals surface area contributed by atoms with E-state index in [9.17, 15) is 13.2 Å². The van der Waals surface area contributed by atoms with E-state index in [1.54, 1.807) is 24.3 Å². The normalized spacial score (nSPS) is 11.3. The molecule has 0 fully saturated rings. The number of rotatable bonds is 6. The molecule has 0 bridgehead atoms. The van der Waals surface area contributed by atoms with Gasteiger partial charge in [0.15, 0.2) is 0 Å². The topological polar surface area (TPSA) is 75.3 Å². The standard InChI is InChI=1S/C17H19ClN2O3S/c1-12(2)19-17(21)11-13-3-7-15(8-4-13)20-24(22,23)16-9-5-14(18)6-10-16/h3-10,12,20H,11H2,1-2H3,(H,19,21). The van der Waals surface area contributed by atoms with Gasteiger partial charge in [-0.2, -0.15) is 0 Å². The first kappa shape index (κ1) is 18.3. The summed E-state index contributed by atoms with van der Waals surface area (Å²) in [6.07, 6.45) is 0.252. The van der Waals surface area contributed by atoms with Crippen LogP contribution in [0, 0.1) is 0 Å². The Hall–Kier alpha value is -2.05. The maximum absolute atomic E-state index is 12.3. The molecule has 0 aliphatic rings. The molecule has 0 aromatic heterocycles. The number of hydrogen-bond acceptors (Lipinski definition) is 3. The van der Waals surface area contributed by atoms with Crippen LogP contribution in [-0.4, -0.2) is 20.4 Å². The Morgan fingerprint density at radius 3 is 2.17 bits per heavy atom. The molecule has 0 radical (unpaired) electrons. The van der Waals surface area contributed by atoms with Gasteiger partial charge in [0.05, 0.1) is 11.3 Å². The van der Waals surface area contributed by atoms with E-state index in [2.05, 4.69) is 10.0 Å². The average Bonchev–Trinajstić information content (AvgIpc) is 2.48. The van der Waals surface area contributed by atoms with Gasteiger partial charge in [-0.3, -0.25) is 9.52 Å². The van der Waals surface area contributed by atoms with Crippen LogP contribution in [0.4, 0.5) is 5.69 Å². The fraction of sp³-hybridized carbons (Fsp3) is 0.235. The number of carbonyl (C=O) groups is 1. The molecule has 2 rings (SSSR count). The summed E-state index contributed by atoms with van der Waals surface area (Å²) in [5.74, 6) is -0.0699. The Morgan fingerprint density at radius 2 is 1.62 bits per heavy atom. The molecule has 1 amide bonds. The van der Waals surface area contributed by atoms with E-state index in [0.29, 0.717) is 10.7 Å². The zero-order valence-corrected chi connectivity index (χ0v) is 15.0. The second-order valence-electron chi connectivity index (χ2n) is 5.66. The van der Waals surface area contributed by atoms with Gasteiger partial charge < -0.3 is 5.32 Å². The molecule has 0 aliphatic carbocycles. The summed E-state index contributed by atoms with van der Waals surface area (Å²) in [6.45, 7) is 3.79. The third kappa shape index (κ3) is 5.25. The summed E-state index contributed by atoms with van der Waals surface area (Å²) in [4.78, 5) is 11.8. The van der Waals surface area contributed by atoms with E-state index < -0.39 is 10.0 Å². The second-order valence-corrected chi connectivity index (χ2v) is 7.77. The zero-order chi connectivity index (χ0) is 17.7. The van der Waals surface area contributed by atoms with Crippen LogP contribution in [-0.2, 0) is 21.2 Å². The summed E-state index contributed by atoms with van der Waals surface area (Å²) in [7, 11) is -3.67. The highest BCUT2D eigenvalue weighted by Gasteiger charge is 2.14. The first-order valence-electron chi connectivity index (χ1n) is 7.43. The van der Waals surface area contributed by atoms with Gasteiger partial charge in [-0.05, 0) is 55.8 Å². The highest BCUT2D eigenvalue weighted by molar-refractivity contribution is 7.92. The monoisotopic (exact) mass is 366 g/mol. The van der Waals surface area contributed by atoms with E-state index in [1.807, 2.05) is 13.8 Å². The van der Waals surface area contributed by atoms with Crippen LogP contribution >= 0.6 is 11.6 Å². The lowest BCUT2D eigenvalue weighted by molar-refractivity contribution is -0.120. The van der Waals surface area contributed by atoms with Crippen molar-refractivity contribution in [2.24, 2.45) is 0 Å². The van der Waals surface area contributed by atoms with Gasteiger partial charge in [0, 0.05) is 16.8 Å². The maximum Gasteiger partial charge on any atom is 0.261 e. The lowest BCUT2D eigenvalue weighted by atomic mass is 10.1. The van der Waals surface area contributed by atoms with Crippen molar-refractivity contribution in [1.82, 2.24) is 5.32 Å². The minimum absolute atomic E-state index is 0.0699. The van der Waals surface area contributed by atoms with Crippen molar-refractivity contribution in [2.75, 3.05) is 4.72 Å². The van der Waals surface area contributed by atoms with E-state index in [0.717, 1.165) is 5.56 Å².